The van der Waals surface area contributed by atoms with Crippen molar-refractivity contribution in [2.45, 2.75) is 17.1 Å². The van der Waals surface area contributed by atoms with Crippen molar-refractivity contribution in [2.24, 2.45) is 0 Å². The van der Waals surface area contributed by atoms with Gasteiger partial charge in [-0.2, -0.15) is 0 Å². The fourth-order valence-electron chi connectivity index (χ4n) is 1.92. The SMILES string of the molecule is CC(Sc1ccccc1F)C(=O)N1CCNCC1. The van der Waals surface area contributed by atoms with E-state index in [1.54, 1.807) is 18.2 Å². The highest BCUT2D eigenvalue weighted by Crippen LogP contribution is 2.26. The smallest absolute Gasteiger partial charge is 0.235 e. The normalized spacial score (nSPS) is 17.6. The van der Waals surface area contributed by atoms with Crippen LogP contribution in [0.25, 0.3) is 0 Å². The Morgan fingerprint density at radius 1 is 1.39 bits per heavy atom. The largest absolute Gasteiger partial charge is 0.339 e. The maximum absolute atomic E-state index is 13.5. The molecule has 0 radical (unpaired) electrons. The van der Waals surface area contributed by atoms with Crippen molar-refractivity contribution < 1.29 is 9.18 Å². The fraction of sp³-hybridized carbons (Fsp3) is 0.462. The van der Waals surface area contributed by atoms with Crippen LogP contribution >= 0.6 is 11.8 Å². The highest BCUT2D eigenvalue weighted by atomic mass is 32.2. The van der Waals surface area contributed by atoms with Crippen molar-refractivity contribution in [2.75, 3.05) is 26.2 Å². The summed E-state index contributed by atoms with van der Waals surface area (Å²) in [6, 6.07) is 6.57. The third kappa shape index (κ3) is 3.23. The van der Waals surface area contributed by atoms with Gasteiger partial charge in [0.2, 0.25) is 5.91 Å². The van der Waals surface area contributed by atoms with Crippen molar-refractivity contribution in [3.63, 3.8) is 0 Å². The quantitative estimate of drug-likeness (QED) is 0.848. The van der Waals surface area contributed by atoms with E-state index >= 15 is 0 Å². The number of carbonyl (C=O) groups is 1. The molecule has 1 aliphatic heterocycles. The molecule has 98 valence electrons. The van der Waals surface area contributed by atoms with E-state index in [2.05, 4.69) is 5.32 Å². The van der Waals surface area contributed by atoms with Crippen LogP contribution in [0, 0.1) is 5.82 Å². The van der Waals surface area contributed by atoms with Gasteiger partial charge >= 0.3 is 0 Å². The number of nitrogens with one attached hydrogen (secondary N) is 1. The van der Waals surface area contributed by atoms with Gasteiger partial charge < -0.3 is 10.2 Å². The summed E-state index contributed by atoms with van der Waals surface area (Å²) in [5, 5.41) is 2.96. The Morgan fingerprint density at radius 2 is 2.06 bits per heavy atom. The van der Waals surface area contributed by atoms with Crippen LogP contribution in [0.2, 0.25) is 0 Å². The third-order valence-corrected chi connectivity index (χ3v) is 4.06. The lowest BCUT2D eigenvalue weighted by atomic mass is 10.3. The van der Waals surface area contributed by atoms with Gasteiger partial charge in [0.15, 0.2) is 0 Å². The van der Waals surface area contributed by atoms with Gasteiger partial charge in [0.1, 0.15) is 5.82 Å². The predicted molar refractivity (Wildman–Crippen MR) is 71.2 cm³/mol. The molecule has 1 N–H and O–H groups in total. The van der Waals surface area contributed by atoms with Crippen molar-refractivity contribution >= 4 is 17.7 Å². The van der Waals surface area contributed by atoms with Gasteiger partial charge in [-0.25, -0.2) is 4.39 Å². The van der Waals surface area contributed by atoms with Gasteiger partial charge in [-0.3, -0.25) is 4.79 Å². The Balaban J connectivity index is 1.96. The maximum atomic E-state index is 13.5. The summed E-state index contributed by atoms with van der Waals surface area (Å²) >= 11 is 1.29. The molecule has 1 aromatic rings. The summed E-state index contributed by atoms with van der Waals surface area (Å²) in [7, 11) is 0. The molecule has 0 bridgehead atoms. The first kappa shape index (κ1) is 13.4. The topological polar surface area (TPSA) is 32.3 Å². The van der Waals surface area contributed by atoms with E-state index in [0.29, 0.717) is 4.90 Å². The van der Waals surface area contributed by atoms with Crippen molar-refractivity contribution in [1.82, 2.24) is 10.2 Å². The van der Waals surface area contributed by atoms with E-state index in [-0.39, 0.29) is 17.0 Å². The molecule has 1 atom stereocenters. The zero-order valence-corrected chi connectivity index (χ0v) is 11.2. The van der Waals surface area contributed by atoms with Crippen LogP contribution in [-0.2, 0) is 4.79 Å². The predicted octanol–water partition coefficient (Wildman–Crippen LogP) is 1.74. The number of benzene rings is 1. The van der Waals surface area contributed by atoms with Crippen LogP contribution in [0.5, 0.6) is 0 Å². The van der Waals surface area contributed by atoms with Crippen LogP contribution < -0.4 is 5.32 Å². The standard InChI is InChI=1S/C13H17FN2OS/c1-10(13(17)16-8-6-15-7-9-16)18-12-5-3-2-4-11(12)14/h2-5,10,15H,6-9H2,1H3. The second-order valence-electron chi connectivity index (χ2n) is 4.27. The number of nitrogens with zero attached hydrogens (tertiary/aromatic N) is 1. The second kappa shape index (κ2) is 6.20. The van der Waals surface area contributed by atoms with Crippen LogP contribution in [-0.4, -0.2) is 42.2 Å². The van der Waals surface area contributed by atoms with Crippen molar-refractivity contribution in [3.05, 3.63) is 30.1 Å². The fourth-order valence-corrected chi connectivity index (χ4v) is 2.89. The molecule has 1 amide bonds. The Morgan fingerprint density at radius 3 is 2.72 bits per heavy atom. The number of halogens is 1. The molecule has 1 unspecified atom stereocenters. The number of rotatable bonds is 3. The monoisotopic (exact) mass is 268 g/mol. The molecular weight excluding hydrogens is 251 g/mol. The number of hydrogen-bond donors (Lipinski definition) is 1. The minimum Gasteiger partial charge on any atom is -0.339 e. The van der Waals surface area contributed by atoms with E-state index in [9.17, 15) is 9.18 Å². The first-order chi connectivity index (χ1) is 8.68. The summed E-state index contributed by atoms with van der Waals surface area (Å²) in [5.41, 5.74) is 0. The minimum absolute atomic E-state index is 0.0877. The number of amides is 1. The summed E-state index contributed by atoms with van der Waals surface area (Å²) in [6.45, 7) is 4.98. The van der Waals surface area contributed by atoms with Crippen LogP contribution in [0.1, 0.15) is 6.92 Å². The van der Waals surface area contributed by atoms with Crippen molar-refractivity contribution in [1.29, 1.82) is 0 Å². The molecule has 1 aliphatic rings. The number of thioether (sulfide) groups is 1. The lowest BCUT2D eigenvalue weighted by molar-refractivity contribution is -0.130. The van der Waals surface area contributed by atoms with Crippen LogP contribution in [0.3, 0.4) is 0 Å². The van der Waals surface area contributed by atoms with Gasteiger partial charge in [-0.05, 0) is 19.1 Å². The lowest BCUT2D eigenvalue weighted by Gasteiger charge is -2.29. The summed E-state index contributed by atoms with van der Waals surface area (Å²) in [4.78, 5) is 14.5. The second-order valence-corrected chi connectivity index (χ2v) is 5.65. The molecule has 0 saturated carbocycles. The molecule has 5 heteroatoms. The first-order valence-electron chi connectivity index (χ1n) is 6.09. The Labute approximate surface area is 111 Å². The number of carbonyl (C=O) groups excluding carboxylic acids is 1. The first-order valence-corrected chi connectivity index (χ1v) is 6.97. The van der Waals surface area contributed by atoms with Gasteiger partial charge in [0.05, 0.1) is 5.25 Å². The minimum atomic E-state index is -0.262. The van der Waals surface area contributed by atoms with Crippen LogP contribution in [0.15, 0.2) is 29.2 Å². The lowest BCUT2D eigenvalue weighted by Crippen LogP contribution is -2.48. The molecule has 1 aromatic carbocycles. The Kier molecular flexibility index (Phi) is 4.60. The van der Waals surface area contributed by atoms with E-state index < -0.39 is 0 Å². The summed E-state index contributed by atoms with van der Waals surface area (Å²) in [5.74, 6) is -0.174. The Hall–Kier alpha value is -1.07. The maximum Gasteiger partial charge on any atom is 0.235 e. The van der Waals surface area contributed by atoms with Gasteiger partial charge in [-0.1, -0.05) is 12.1 Å². The highest BCUT2D eigenvalue weighted by molar-refractivity contribution is 8.00. The van der Waals surface area contributed by atoms with Gasteiger partial charge in [-0.15, -0.1) is 11.8 Å². The molecule has 1 fully saturated rings. The van der Waals surface area contributed by atoms with Crippen molar-refractivity contribution in [3.8, 4) is 0 Å². The molecule has 3 nitrogen and oxygen atoms in total. The highest BCUT2D eigenvalue weighted by Gasteiger charge is 2.23. The van der Waals surface area contributed by atoms with E-state index in [4.69, 9.17) is 0 Å². The van der Waals surface area contributed by atoms with Gasteiger partial charge in [0, 0.05) is 31.1 Å². The van der Waals surface area contributed by atoms with E-state index in [1.807, 2.05) is 11.8 Å². The third-order valence-electron chi connectivity index (χ3n) is 2.92. The number of hydrogen-bond acceptors (Lipinski definition) is 3. The van der Waals surface area contributed by atoms with E-state index in [0.717, 1.165) is 26.2 Å². The van der Waals surface area contributed by atoms with Crippen LogP contribution in [0.4, 0.5) is 4.39 Å². The summed E-state index contributed by atoms with van der Waals surface area (Å²) < 4.78 is 13.5. The average molecular weight is 268 g/mol. The summed E-state index contributed by atoms with van der Waals surface area (Å²) in [6.07, 6.45) is 0. The van der Waals surface area contributed by atoms with E-state index in [1.165, 1.54) is 17.8 Å². The number of piperazine rings is 1. The molecule has 1 heterocycles. The molecule has 0 spiro atoms. The molecular formula is C13H17FN2OS. The molecule has 1 saturated heterocycles. The molecule has 2 rings (SSSR count). The zero-order valence-electron chi connectivity index (χ0n) is 10.4. The molecule has 0 aliphatic carbocycles. The zero-order chi connectivity index (χ0) is 13.0. The van der Waals surface area contributed by atoms with Gasteiger partial charge in [0.25, 0.3) is 0 Å². The molecule has 0 aromatic heterocycles. The average Bonchev–Trinajstić information content (AvgIpc) is 2.41. The Bertz CT molecular complexity index is 421. The molecule has 18 heavy (non-hydrogen) atoms.